The van der Waals surface area contributed by atoms with E-state index >= 15 is 0 Å². The van der Waals surface area contributed by atoms with E-state index in [2.05, 4.69) is 78.3 Å². The number of aromatic nitrogens is 8. The Kier molecular flexibility index (Phi) is 14.9. The highest BCUT2D eigenvalue weighted by Gasteiger charge is 2.24. The molecule has 0 unspecified atom stereocenters. The molecule has 10 rings (SSSR count). The summed E-state index contributed by atoms with van der Waals surface area (Å²) < 4.78 is 17.8. The van der Waals surface area contributed by atoms with Crippen LogP contribution in [0.3, 0.4) is 0 Å². The van der Waals surface area contributed by atoms with Crippen LogP contribution >= 0.6 is 0 Å². The van der Waals surface area contributed by atoms with Crippen LogP contribution in [0.2, 0.25) is 0 Å². The Balaban J connectivity index is 0.000000172. The summed E-state index contributed by atoms with van der Waals surface area (Å²) in [5.41, 5.74) is 13.8. The summed E-state index contributed by atoms with van der Waals surface area (Å²) in [6, 6.07) is 31.6. The van der Waals surface area contributed by atoms with E-state index in [9.17, 15) is 14.6 Å². The standard InChI is InChI=1S/C27H29FN6O.C27H30N6O/c1-19-29-12-14-34(19)23-8-6-22(7-9-23)30-27-31-25(10-5-20-3-2-4-21(28)17-20)24-18-33(15-16-35)13-11-26(24)32-27;1-19-3-5-21(6-4-19)17-26-24-18-32(15-16-34)13-11-25(24)30-27(31-26)29-22-7-9-23(10-8-22)33-14-12-28-20(33)2/h2-4,6-9,12,14,17,35H,5,10-11,13,15-16,18H2,1H3,(H,30,31,32);3-10,12,14,34H,11,13,15-18H2,1-2H3,(H,29,30,31). The van der Waals surface area contributed by atoms with Crippen LogP contribution in [0.4, 0.5) is 27.7 Å². The fourth-order valence-electron chi connectivity index (χ4n) is 9.03. The maximum absolute atomic E-state index is 13.7. The quantitative estimate of drug-likeness (QED) is 0.0788. The molecule has 0 bridgehead atoms. The van der Waals surface area contributed by atoms with E-state index in [-0.39, 0.29) is 19.0 Å². The Morgan fingerprint density at radius 2 is 1.10 bits per heavy atom. The minimum absolute atomic E-state index is 0.128. The van der Waals surface area contributed by atoms with Gasteiger partial charge in [0, 0.05) is 117 Å². The van der Waals surface area contributed by atoms with E-state index in [1.54, 1.807) is 24.5 Å². The van der Waals surface area contributed by atoms with Gasteiger partial charge in [-0.1, -0.05) is 42.0 Å². The highest BCUT2D eigenvalue weighted by molar-refractivity contribution is 5.58. The molecule has 2 aliphatic rings. The lowest BCUT2D eigenvalue weighted by Gasteiger charge is -2.29. The number of benzene rings is 4. The van der Waals surface area contributed by atoms with Gasteiger partial charge in [0.15, 0.2) is 0 Å². The Morgan fingerprint density at radius 1 is 0.580 bits per heavy atom. The monoisotopic (exact) mass is 926 g/mol. The number of fused-ring (bicyclic) bond motifs is 2. The normalized spacial score (nSPS) is 13.6. The second-order valence-electron chi connectivity index (χ2n) is 17.7. The molecule has 0 atom stereocenters. The minimum Gasteiger partial charge on any atom is -0.395 e. The summed E-state index contributed by atoms with van der Waals surface area (Å²) in [6.07, 6.45) is 11.3. The first-order valence-electron chi connectivity index (χ1n) is 23.7. The molecular formula is C54H59FN12O2. The van der Waals surface area contributed by atoms with Crippen molar-refractivity contribution in [3.8, 4) is 11.4 Å². The molecule has 0 amide bonds. The zero-order chi connectivity index (χ0) is 47.7. The van der Waals surface area contributed by atoms with Gasteiger partial charge in [-0.3, -0.25) is 9.80 Å². The molecule has 6 heterocycles. The summed E-state index contributed by atoms with van der Waals surface area (Å²) in [4.78, 5) is 32.6. The van der Waals surface area contributed by atoms with Crippen LogP contribution < -0.4 is 10.6 Å². The van der Waals surface area contributed by atoms with Crippen molar-refractivity contribution in [2.75, 3.05) is 50.0 Å². The lowest BCUT2D eigenvalue weighted by molar-refractivity contribution is 0.182. The van der Waals surface area contributed by atoms with Crippen LogP contribution in [0.5, 0.6) is 0 Å². The lowest BCUT2D eigenvalue weighted by atomic mass is 9.99. The summed E-state index contributed by atoms with van der Waals surface area (Å²) in [6.45, 7) is 10.9. The van der Waals surface area contributed by atoms with E-state index < -0.39 is 0 Å². The molecule has 69 heavy (non-hydrogen) atoms. The number of β-amino-alcohol motifs (C(OH)–C–C–N with tert-alkyl or cyclic N) is 2. The highest BCUT2D eigenvalue weighted by atomic mass is 19.1. The predicted octanol–water partition coefficient (Wildman–Crippen LogP) is 7.95. The number of aliphatic hydroxyl groups excluding tert-OH is 2. The van der Waals surface area contributed by atoms with E-state index in [0.717, 1.165) is 107 Å². The fourth-order valence-corrected chi connectivity index (χ4v) is 9.03. The number of anilines is 4. The average molecular weight is 927 g/mol. The molecule has 4 aromatic carbocycles. The van der Waals surface area contributed by atoms with Gasteiger partial charge in [-0.05, 0) is 105 Å². The fraction of sp³-hybridized carbons (Fsp3) is 0.296. The molecule has 4 aromatic heterocycles. The van der Waals surface area contributed by atoms with Crippen LogP contribution in [0.25, 0.3) is 11.4 Å². The Bertz CT molecular complexity index is 2970. The SMILES string of the molecule is Cc1ccc(Cc2nc(Nc3ccc(-n4ccnc4C)cc3)nc3c2CN(CCO)CC3)cc1.Cc1nccn1-c1ccc(Nc2nc(CCc3cccc(F)c3)c3c(n2)CCN(CCO)C3)cc1. The van der Waals surface area contributed by atoms with Gasteiger partial charge in [0.1, 0.15) is 17.5 Å². The van der Waals surface area contributed by atoms with Gasteiger partial charge >= 0.3 is 0 Å². The Hall–Kier alpha value is -7.17. The second kappa shape index (κ2) is 21.8. The lowest BCUT2D eigenvalue weighted by Crippen LogP contribution is -2.34. The smallest absolute Gasteiger partial charge is 0.227 e. The van der Waals surface area contributed by atoms with Gasteiger partial charge in [0.25, 0.3) is 0 Å². The van der Waals surface area contributed by atoms with Crippen molar-refractivity contribution in [1.29, 1.82) is 0 Å². The van der Waals surface area contributed by atoms with Crippen molar-refractivity contribution in [3.05, 3.63) is 190 Å². The van der Waals surface area contributed by atoms with Crippen LogP contribution in [0, 0.1) is 26.6 Å². The van der Waals surface area contributed by atoms with Gasteiger partial charge < -0.3 is 30.0 Å². The number of aryl methyl sites for hydroxylation is 5. The molecule has 2 aliphatic heterocycles. The zero-order valence-electron chi connectivity index (χ0n) is 39.5. The Labute approximate surface area is 402 Å². The molecule has 354 valence electrons. The number of imidazole rings is 2. The summed E-state index contributed by atoms with van der Waals surface area (Å²) >= 11 is 0. The van der Waals surface area contributed by atoms with Crippen LogP contribution in [-0.2, 0) is 45.2 Å². The summed E-state index contributed by atoms with van der Waals surface area (Å²) in [7, 11) is 0. The second-order valence-corrected chi connectivity index (χ2v) is 17.7. The molecule has 15 heteroatoms. The first-order valence-corrected chi connectivity index (χ1v) is 23.7. The molecule has 4 N–H and O–H groups in total. The molecular weight excluding hydrogens is 868 g/mol. The average Bonchev–Trinajstić information content (AvgIpc) is 4.00. The number of rotatable bonds is 15. The van der Waals surface area contributed by atoms with E-state index in [4.69, 9.17) is 19.9 Å². The van der Waals surface area contributed by atoms with Crippen molar-refractivity contribution in [2.45, 2.75) is 66.0 Å². The van der Waals surface area contributed by atoms with Crippen LogP contribution in [0.1, 0.15) is 62.2 Å². The maximum Gasteiger partial charge on any atom is 0.227 e. The predicted molar refractivity (Wildman–Crippen MR) is 267 cm³/mol. The van der Waals surface area contributed by atoms with E-state index in [1.165, 1.54) is 22.8 Å². The van der Waals surface area contributed by atoms with Gasteiger partial charge in [0.2, 0.25) is 11.9 Å². The van der Waals surface area contributed by atoms with E-state index in [0.29, 0.717) is 44.4 Å². The van der Waals surface area contributed by atoms with Crippen LogP contribution in [0.15, 0.2) is 122 Å². The molecule has 0 aliphatic carbocycles. The minimum atomic E-state index is -0.224. The zero-order valence-corrected chi connectivity index (χ0v) is 39.5. The molecule has 0 fully saturated rings. The van der Waals surface area contributed by atoms with Gasteiger partial charge in [-0.15, -0.1) is 0 Å². The third-order valence-electron chi connectivity index (χ3n) is 12.8. The van der Waals surface area contributed by atoms with E-state index in [1.807, 2.05) is 73.3 Å². The molecule has 0 spiro atoms. The third kappa shape index (κ3) is 11.8. The van der Waals surface area contributed by atoms with Crippen molar-refractivity contribution >= 4 is 23.3 Å². The summed E-state index contributed by atoms with van der Waals surface area (Å²) in [5.74, 6) is 2.86. The first kappa shape index (κ1) is 46.9. The number of halogens is 1. The van der Waals surface area contributed by atoms with Crippen molar-refractivity contribution in [2.24, 2.45) is 0 Å². The van der Waals surface area contributed by atoms with Crippen molar-refractivity contribution < 1.29 is 14.6 Å². The third-order valence-corrected chi connectivity index (χ3v) is 12.8. The number of nitrogens with zero attached hydrogens (tertiary/aromatic N) is 10. The van der Waals surface area contributed by atoms with Gasteiger partial charge in [0.05, 0.1) is 36.0 Å². The van der Waals surface area contributed by atoms with Crippen molar-refractivity contribution in [3.63, 3.8) is 0 Å². The van der Waals surface area contributed by atoms with Gasteiger partial charge in [-0.25, -0.2) is 34.3 Å². The van der Waals surface area contributed by atoms with Gasteiger partial charge in [-0.2, -0.15) is 0 Å². The van der Waals surface area contributed by atoms with Crippen LogP contribution in [-0.4, -0.2) is 98.4 Å². The topological polar surface area (TPSA) is 158 Å². The number of hydrogen-bond donors (Lipinski definition) is 4. The Morgan fingerprint density at radius 3 is 1.59 bits per heavy atom. The van der Waals surface area contributed by atoms with Crippen molar-refractivity contribution in [1.82, 2.24) is 48.8 Å². The molecule has 14 nitrogen and oxygen atoms in total. The molecule has 0 saturated heterocycles. The molecule has 0 saturated carbocycles. The molecule has 8 aromatic rings. The largest absolute Gasteiger partial charge is 0.395 e. The maximum atomic E-state index is 13.7. The molecule has 0 radical (unpaired) electrons. The summed E-state index contributed by atoms with van der Waals surface area (Å²) in [5, 5.41) is 25.6. The number of nitrogens with one attached hydrogen (secondary N) is 2. The first-order chi connectivity index (χ1) is 33.7. The number of hydrogen-bond acceptors (Lipinski definition) is 12. The number of aliphatic hydroxyl groups is 2. The highest BCUT2D eigenvalue weighted by Crippen LogP contribution is 2.28.